The molecule has 0 saturated carbocycles. The fourth-order valence-electron chi connectivity index (χ4n) is 1.06. The summed E-state index contributed by atoms with van der Waals surface area (Å²) in [6, 6.07) is 3.52. The number of aromatic nitrogens is 1. The molecule has 0 aliphatic carbocycles. The van der Waals surface area contributed by atoms with Crippen LogP contribution in [0.4, 0.5) is 0 Å². The lowest BCUT2D eigenvalue weighted by Crippen LogP contribution is -1.85. The summed E-state index contributed by atoms with van der Waals surface area (Å²) >= 11 is 1.32. The zero-order chi connectivity index (χ0) is 11.8. The van der Waals surface area contributed by atoms with E-state index in [-0.39, 0.29) is 5.12 Å². The fraction of sp³-hybridized carbons (Fsp3) is 0.250. The number of pyridine rings is 1. The van der Waals surface area contributed by atoms with E-state index in [0.29, 0.717) is 5.56 Å². The van der Waals surface area contributed by atoms with Gasteiger partial charge in [-0.15, -0.1) is 0 Å². The van der Waals surface area contributed by atoms with Crippen molar-refractivity contribution in [2.45, 2.75) is 13.3 Å². The summed E-state index contributed by atoms with van der Waals surface area (Å²) in [5.74, 6) is 0.790. The van der Waals surface area contributed by atoms with Gasteiger partial charge in [0.05, 0.1) is 5.69 Å². The molecule has 0 atom stereocenters. The highest BCUT2D eigenvalue weighted by atomic mass is 32.2. The van der Waals surface area contributed by atoms with E-state index in [1.165, 1.54) is 18.0 Å². The third kappa shape index (κ3) is 4.89. The van der Waals surface area contributed by atoms with E-state index in [1.54, 1.807) is 19.1 Å². The first-order valence-electron chi connectivity index (χ1n) is 4.93. The molecule has 0 aliphatic heterocycles. The molecular weight excluding hydrogens is 222 g/mol. The number of hydrogen-bond acceptors (Lipinski definition) is 4. The normalized spacial score (nSPS) is 10.6. The van der Waals surface area contributed by atoms with Gasteiger partial charge in [-0.25, -0.2) is 0 Å². The average Bonchev–Trinajstić information content (AvgIpc) is 2.29. The highest BCUT2D eigenvalue weighted by molar-refractivity contribution is 8.13. The second-order valence-electron chi connectivity index (χ2n) is 3.17. The van der Waals surface area contributed by atoms with E-state index in [9.17, 15) is 9.59 Å². The first kappa shape index (κ1) is 12.6. The van der Waals surface area contributed by atoms with Crippen LogP contribution < -0.4 is 0 Å². The lowest BCUT2D eigenvalue weighted by molar-refractivity contribution is -0.109. The van der Waals surface area contributed by atoms with Crippen LogP contribution >= 0.6 is 11.8 Å². The Hall–Kier alpha value is -1.42. The van der Waals surface area contributed by atoms with Gasteiger partial charge in [0.1, 0.15) is 0 Å². The Morgan fingerprint density at radius 2 is 2.31 bits per heavy atom. The molecule has 0 fully saturated rings. The molecule has 1 aromatic rings. The van der Waals surface area contributed by atoms with Crippen LogP contribution in [0, 0.1) is 0 Å². The maximum atomic E-state index is 10.6. The van der Waals surface area contributed by atoms with Gasteiger partial charge in [-0.05, 0) is 24.6 Å². The van der Waals surface area contributed by atoms with Crippen molar-refractivity contribution in [1.82, 2.24) is 4.98 Å². The molecule has 0 unspecified atom stereocenters. The minimum Gasteiger partial charge on any atom is -0.298 e. The second kappa shape index (κ2) is 6.95. The van der Waals surface area contributed by atoms with E-state index in [0.717, 1.165) is 24.2 Å². The van der Waals surface area contributed by atoms with Gasteiger partial charge in [0, 0.05) is 24.4 Å². The molecule has 4 heteroatoms. The zero-order valence-electron chi connectivity index (χ0n) is 9.05. The Morgan fingerprint density at radius 3 is 2.88 bits per heavy atom. The van der Waals surface area contributed by atoms with Crippen LogP contribution in [0.3, 0.4) is 0 Å². The molecule has 1 heterocycles. The number of thioether (sulfide) groups is 1. The quantitative estimate of drug-likeness (QED) is 0.581. The number of nitrogens with zero attached hydrogens (tertiary/aromatic N) is 1. The van der Waals surface area contributed by atoms with Gasteiger partial charge >= 0.3 is 0 Å². The predicted molar refractivity (Wildman–Crippen MR) is 66.4 cm³/mol. The van der Waals surface area contributed by atoms with Gasteiger partial charge in [0.15, 0.2) is 11.4 Å². The summed E-state index contributed by atoms with van der Waals surface area (Å²) in [6.45, 7) is 1.56. The molecule has 0 bridgehead atoms. The van der Waals surface area contributed by atoms with E-state index in [4.69, 9.17) is 0 Å². The average molecular weight is 235 g/mol. The van der Waals surface area contributed by atoms with Gasteiger partial charge in [0.25, 0.3) is 0 Å². The highest BCUT2D eigenvalue weighted by Gasteiger charge is 1.92. The molecular formula is C12H13NO2S. The summed E-state index contributed by atoms with van der Waals surface area (Å²) in [5.41, 5.74) is 1.39. The third-order valence-corrected chi connectivity index (χ3v) is 2.67. The van der Waals surface area contributed by atoms with Crippen molar-refractivity contribution >= 4 is 29.2 Å². The van der Waals surface area contributed by atoms with Crippen LogP contribution in [0.2, 0.25) is 0 Å². The topological polar surface area (TPSA) is 47.0 Å². The predicted octanol–water partition coefficient (Wildman–Crippen LogP) is 2.58. The minimum absolute atomic E-state index is 0.141. The number of carbonyl (C=O) groups is 2. The first-order valence-corrected chi connectivity index (χ1v) is 5.92. The fourth-order valence-corrected chi connectivity index (χ4v) is 1.60. The number of hydrogen-bond donors (Lipinski definition) is 0. The van der Waals surface area contributed by atoms with E-state index >= 15 is 0 Å². The molecule has 84 valence electrons. The van der Waals surface area contributed by atoms with Crippen LogP contribution in [0.5, 0.6) is 0 Å². The van der Waals surface area contributed by atoms with E-state index < -0.39 is 0 Å². The molecule has 0 saturated heterocycles. The maximum Gasteiger partial charge on any atom is 0.185 e. The van der Waals surface area contributed by atoms with Crippen molar-refractivity contribution in [2.24, 2.45) is 0 Å². The van der Waals surface area contributed by atoms with Crippen LogP contribution in [0.1, 0.15) is 29.4 Å². The standard InChI is InChI=1S/C12H13NO2S/c1-10(15)16-7-3-2-4-12-6-5-11(9-14)8-13-12/h2,4-6,8-9H,3,7H2,1H3. The summed E-state index contributed by atoms with van der Waals surface area (Å²) in [7, 11) is 0. The van der Waals surface area contributed by atoms with Crippen molar-refractivity contribution in [3.05, 3.63) is 35.7 Å². The van der Waals surface area contributed by atoms with Crippen molar-refractivity contribution in [1.29, 1.82) is 0 Å². The van der Waals surface area contributed by atoms with Crippen LogP contribution in [0.25, 0.3) is 6.08 Å². The molecule has 0 amide bonds. The van der Waals surface area contributed by atoms with Gasteiger partial charge in [-0.1, -0.05) is 17.8 Å². The van der Waals surface area contributed by atoms with Crippen molar-refractivity contribution in [2.75, 3.05) is 5.75 Å². The Morgan fingerprint density at radius 1 is 1.50 bits per heavy atom. The van der Waals surface area contributed by atoms with Crippen molar-refractivity contribution in [3.8, 4) is 0 Å². The monoisotopic (exact) mass is 235 g/mol. The van der Waals surface area contributed by atoms with Gasteiger partial charge in [-0.2, -0.15) is 0 Å². The summed E-state index contributed by atoms with van der Waals surface area (Å²) < 4.78 is 0. The maximum absolute atomic E-state index is 10.6. The molecule has 1 rings (SSSR count). The molecule has 0 spiro atoms. The van der Waals surface area contributed by atoms with Crippen LogP contribution in [-0.4, -0.2) is 22.1 Å². The Labute approximate surface area is 99.0 Å². The Bertz CT molecular complexity index is 385. The number of allylic oxidation sites excluding steroid dienone is 1. The number of carbonyl (C=O) groups excluding carboxylic acids is 2. The van der Waals surface area contributed by atoms with Crippen molar-refractivity contribution in [3.63, 3.8) is 0 Å². The van der Waals surface area contributed by atoms with Gasteiger partial charge in [0.2, 0.25) is 0 Å². The number of rotatable bonds is 5. The van der Waals surface area contributed by atoms with E-state index in [2.05, 4.69) is 4.98 Å². The molecule has 0 aliphatic rings. The highest BCUT2D eigenvalue weighted by Crippen LogP contribution is 2.05. The third-order valence-electron chi connectivity index (χ3n) is 1.82. The molecule has 0 N–H and O–H groups in total. The minimum atomic E-state index is 0.141. The van der Waals surface area contributed by atoms with Gasteiger partial charge < -0.3 is 0 Å². The lowest BCUT2D eigenvalue weighted by atomic mass is 10.2. The van der Waals surface area contributed by atoms with E-state index in [1.807, 2.05) is 12.2 Å². The number of aldehydes is 1. The molecule has 0 aromatic carbocycles. The summed E-state index contributed by atoms with van der Waals surface area (Å²) in [5, 5.41) is 0.141. The Balaban J connectivity index is 2.37. The Kier molecular flexibility index (Phi) is 5.50. The zero-order valence-corrected chi connectivity index (χ0v) is 9.87. The lowest BCUT2D eigenvalue weighted by Gasteiger charge is -1.94. The summed E-state index contributed by atoms with van der Waals surface area (Å²) in [6.07, 6.45) is 7.00. The molecule has 0 radical (unpaired) electrons. The van der Waals surface area contributed by atoms with Crippen LogP contribution in [0.15, 0.2) is 24.4 Å². The molecule has 3 nitrogen and oxygen atoms in total. The largest absolute Gasteiger partial charge is 0.298 e. The molecule has 16 heavy (non-hydrogen) atoms. The molecule has 1 aromatic heterocycles. The SMILES string of the molecule is CC(=O)SCCC=Cc1ccc(C=O)cn1. The van der Waals surface area contributed by atoms with Crippen molar-refractivity contribution < 1.29 is 9.59 Å². The summed E-state index contributed by atoms with van der Waals surface area (Å²) in [4.78, 5) is 25.1. The van der Waals surface area contributed by atoms with Crippen LogP contribution in [-0.2, 0) is 4.79 Å². The van der Waals surface area contributed by atoms with Gasteiger partial charge in [-0.3, -0.25) is 14.6 Å². The first-order chi connectivity index (χ1) is 7.72. The second-order valence-corrected chi connectivity index (χ2v) is 4.44. The smallest absolute Gasteiger partial charge is 0.185 e.